The van der Waals surface area contributed by atoms with Crippen molar-refractivity contribution in [2.75, 3.05) is 0 Å². The fourth-order valence-electron chi connectivity index (χ4n) is 2.20. The molecule has 0 bridgehead atoms. The zero-order valence-electron chi connectivity index (χ0n) is 12.3. The Bertz CT molecular complexity index is 843. The summed E-state index contributed by atoms with van der Waals surface area (Å²) in [4.78, 5) is 21.6. The molecular weight excluding hydrogens is 320 g/mol. The third-order valence-electron chi connectivity index (χ3n) is 3.46. The second kappa shape index (κ2) is 5.85. The van der Waals surface area contributed by atoms with E-state index in [1.807, 2.05) is 0 Å². The second-order valence-electron chi connectivity index (χ2n) is 5.03. The molecule has 0 unspecified atom stereocenters. The molecule has 0 aliphatic heterocycles. The van der Waals surface area contributed by atoms with E-state index < -0.39 is 21.8 Å². The Morgan fingerprint density at radius 1 is 0.783 bits per heavy atom. The maximum Gasteiger partial charge on any atom is 0.206 e. The largest absolute Gasteiger partial charge is 0.545 e. The van der Waals surface area contributed by atoms with Crippen LogP contribution in [0.4, 0.5) is 0 Å². The molecule has 2 aromatic carbocycles. The molecule has 0 heterocycles. The molecule has 2 rings (SSSR count). The van der Waals surface area contributed by atoms with Crippen molar-refractivity contribution in [3.05, 3.63) is 58.7 Å². The number of hydrogen-bond donors (Lipinski definition) is 0. The minimum Gasteiger partial charge on any atom is -0.545 e. The van der Waals surface area contributed by atoms with E-state index in [-0.39, 0.29) is 32.0 Å². The van der Waals surface area contributed by atoms with Gasteiger partial charge in [-0.25, -0.2) is 8.42 Å². The van der Waals surface area contributed by atoms with Gasteiger partial charge in [0.1, 0.15) is 0 Å². The SMILES string of the molecule is Cc1cc(S(=O)(=O)c2ccc(C(=O)[O-])c(C)c2)ccc1C(=O)[O-]. The van der Waals surface area contributed by atoms with E-state index in [1.54, 1.807) is 0 Å². The molecule has 0 radical (unpaired) electrons. The number of rotatable bonds is 4. The Kier molecular flexibility index (Phi) is 4.24. The first-order chi connectivity index (χ1) is 10.6. The smallest absolute Gasteiger partial charge is 0.206 e. The molecule has 0 amide bonds. The zero-order chi connectivity index (χ0) is 17.4. The van der Waals surface area contributed by atoms with Gasteiger partial charge in [0.05, 0.1) is 21.7 Å². The first-order valence-electron chi connectivity index (χ1n) is 6.53. The number of aryl methyl sites for hydroxylation is 2. The maximum absolute atomic E-state index is 12.6. The van der Waals surface area contributed by atoms with Crippen LogP contribution in [-0.2, 0) is 9.84 Å². The van der Waals surface area contributed by atoms with Gasteiger partial charge in [-0.2, -0.15) is 0 Å². The molecule has 2 aromatic rings. The number of carbonyl (C=O) groups is 2. The molecule has 0 N–H and O–H groups in total. The Balaban J connectivity index is 2.55. The third kappa shape index (κ3) is 3.09. The van der Waals surface area contributed by atoms with Crippen LogP contribution < -0.4 is 10.2 Å². The molecular formula is C16H12O6S-2. The van der Waals surface area contributed by atoms with Gasteiger partial charge in [-0.05, 0) is 49.2 Å². The summed E-state index contributed by atoms with van der Waals surface area (Å²) in [5.41, 5.74) is 0.336. The third-order valence-corrected chi connectivity index (χ3v) is 5.21. The minimum atomic E-state index is -3.90. The molecule has 0 saturated carbocycles. The van der Waals surface area contributed by atoms with Gasteiger partial charge in [0.2, 0.25) is 9.84 Å². The number of sulfone groups is 1. The first kappa shape index (κ1) is 16.7. The lowest BCUT2D eigenvalue weighted by Gasteiger charge is -2.12. The standard InChI is InChI=1S/C16H14O6S/c1-9-7-11(3-5-13(9)15(17)18)23(21,22)12-4-6-14(16(19)20)10(2)8-12/h3-8H,1-2H3,(H,17,18)(H,19,20)/p-2. The van der Waals surface area contributed by atoms with Crippen LogP contribution in [0.15, 0.2) is 46.2 Å². The van der Waals surface area contributed by atoms with E-state index in [9.17, 15) is 28.2 Å². The number of carboxylic acids is 2. The summed E-state index contributed by atoms with van der Waals surface area (Å²) < 4.78 is 25.1. The van der Waals surface area contributed by atoms with Crippen molar-refractivity contribution in [2.24, 2.45) is 0 Å². The van der Waals surface area contributed by atoms with Crippen LogP contribution in [0.2, 0.25) is 0 Å². The quantitative estimate of drug-likeness (QED) is 0.770. The summed E-state index contributed by atoms with van der Waals surface area (Å²) >= 11 is 0. The van der Waals surface area contributed by atoms with Crippen LogP contribution in [0, 0.1) is 13.8 Å². The van der Waals surface area contributed by atoms with Crippen molar-refractivity contribution >= 4 is 21.8 Å². The van der Waals surface area contributed by atoms with Gasteiger partial charge in [-0.15, -0.1) is 0 Å². The van der Waals surface area contributed by atoms with Crippen LogP contribution in [-0.4, -0.2) is 20.4 Å². The van der Waals surface area contributed by atoms with Gasteiger partial charge in [0.25, 0.3) is 0 Å². The average Bonchev–Trinajstić information content (AvgIpc) is 2.46. The Labute approximate surface area is 132 Å². The topological polar surface area (TPSA) is 114 Å². The lowest BCUT2D eigenvalue weighted by atomic mass is 10.1. The van der Waals surface area contributed by atoms with E-state index in [2.05, 4.69) is 0 Å². The normalized spacial score (nSPS) is 11.2. The minimum absolute atomic E-state index is 0.0828. The monoisotopic (exact) mass is 332 g/mol. The molecule has 0 atom stereocenters. The molecule has 0 saturated heterocycles. The van der Waals surface area contributed by atoms with E-state index >= 15 is 0 Å². The van der Waals surface area contributed by atoms with Crippen molar-refractivity contribution in [3.63, 3.8) is 0 Å². The lowest BCUT2D eigenvalue weighted by Crippen LogP contribution is -2.23. The number of benzene rings is 2. The predicted octanol–water partition coefficient (Wildman–Crippen LogP) is -0.137. The van der Waals surface area contributed by atoms with Crippen LogP contribution in [0.25, 0.3) is 0 Å². The van der Waals surface area contributed by atoms with Gasteiger partial charge in [-0.3, -0.25) is 0 Å². The number of hydrogen-bond acceptors (Lipinski definition) is 6. The molecule has 23 heavy (non-hydrogen) atoms. The van der Waals surface area contributed by atoms with Crippen LogP contribution in [0.3, 0.4) is 0 Å². The lowest BCUT2D eigenvalue weighted by molar-refractivity contribution is -0.256. The highest BCUT2D eigenvalue weighted by molar-refractivity contribution is 7.91. The van der Waals surface area contributed by atoms with E-state index in [0.29, 0.717) is 0 Å². The van der Waals surface area contributed by atoms with Crippen molar-refractivity contribution in [2.45, 2.75) is 23.6 Å². The fourth-order valence-corrected chi connectivity index (χ4v) is 3.63. The summed E-state index contributed by atoms with van der Waals surface area (Å²) in [7, 11) is -3.90. The van der Waals surface area contributed by atoms with Gasteiger partial charge >= 0.3 is 0 Å². The van der Waals surface area contributed by atoms with Gasteiger partial charge in [0.15, 0.2) is 0 Å². The Hall–Kier alpha value is -2.67. The molecule has 120 valence electrons. The van der Waals surface area contributed by atoms with Crippen molar-refractivity contribution in [1.29, 1.82) is 0 Å². The highest BCUT2D eigenvalue weighted by Gasteiger charge is 2.19. The summed E-state index contributed by atoms with van der Waals surface area (Å²) in [6.45, 7) is 2.93. The average molecular weight is 332 g/mol. The number of carbonyl (C=O) groups excluding carboxylic acids is 2. The molecule has 6 nitrogen and oxygen atoms in total. The summed E-state index contributed by atoms with van der Waals surface area (Å²) in [5.74, 6) is -2.78. The molecule has 0 spiro atoms. The molecule has 7 heteroatoms. The van der Waals surface area contributed by atoms with Gasteiger partial charge < -0.3 is 19.8 Å². The van der Waals surface area contributed by atoms with Crippen molar-refractivity contribution in [1.82, 2.24) is 0 Å². The van der Waals surface area contributed by atoms with Gasteiger partial charge in [-0.1, -0.05) is 12.1 Å². The summed E-state index contributed by atoms with van der Waals surface area (Å²) in [5, 5.41) is 21.8. The summed E-state index contributed by atoms with van der Waals surface area (Å²) in [6, 6.07) is 7.16. The van der Waals surface area contributed by atoms with E-state index in [4.69, 9.17) is 0 Å². The predicted molar refractivity (Wildman–Crippen MR) is 76.5 cm³/mol. The molecule has 0 aromatic heterocycles. The van der Waals surface area contributed by atoms with Crippen LogP contribution >= 0.6 is 0 Å². The highest BCUT2D eigenvalue weighted by atomic mass is 32.2. The van der Waals surface area contributed by atoms with E-state index in [1.165, 1.54) is 50.2 Å². The Morgan fingerprint density at radius 2 is 1.13 bits per heavy atom. The number of aromatic carboxylic acids is 2. The second-order valence-corrected chi connectivity index (χ2v) is 6.98. The maximum atomic E-state index is 12.6. The first-order valence-corrected chi connectivity index (χ1v) is 8.02. The highest BCUT2D eigenvalue weighted by Crippen LogP contribution is 2.24. The number of carboxylic acid groups (broad SMARTS) is 2. The van der Waals surface area contributed by atoms with E-state index in [0.717, 1.165) is 0 Å². The van der Waals surface area contributed by atoms with Gasteiger partial charge in [0, 0.05) is 11.1 Å². The molecule has 0 aliphatic carbocycles. The van der Waals surface area contributed by atoms with Crippen LogP contribution in [0.1, 0.15) is 31.8 Å². The van der Waals surface area contributed by atoms with Crippen LogP contribution in [0.5, 0.6) is 0 Å². The fraction of sp³-hybridized carbons (Fsp3) is 0.125. The summed E-state index contributed by atoms with van der Waals surface area (Å²) in [6.07, 6.45) is 0. The Morgan fingerprint density at radius 3 is 1.39 bits per heavy atom. The molecule has 0 fully saturated rings. The zero-order valence-corrected chi connectivity index (χ0v) is 13.1. The van der Waals surface area contributed by atoms with Crippen molar-refractivity contribution in [3.8, 4) is 0 Å². The van der Waals surface area contributed by atoms with Crippen molar-refractivity contribution < 1.29 is 28.2 Å². The molecule has 0 aliphatic rings.